The molecule has 1 aliphatic rings. The molecule has 1 atom stereocenters. The van der Waals surface area contributed by atoms with Gasteiger partial charge in [0.15, 0.2) is 0 Å². The zero-order valence-electron chi connectivity index (χ0n) is 11.1. The minimum atomic E-state index is 0.792. The Morgan fingerprint density at radius 2 is 2.06 bits per heavy atom. The smallest absolute Gasteiger partial charge is 0.0105 e. The van der Waals surface area contributed by atoms with Crippen molar-refractivity contribution < 1.29 is 0 Å². The highest BCUT2D eigenvalue weighted by atomic mass is 15.2. The molecule has 1 unspecified atom stereocenters. The van der Waals surface area contributed by atoms with E-state index in [4.69, 9.17) is 5.73 Å². The fourth-order valence-electron chi connectivity index (χ4n) is 2.67. The van der Waals surface area contributed by atoms with Gasteiger partial charge < -0.3 is 15.5 Å². The quantitative estimate of drug-likeness (QED) is 0.716. The van der Waals surface area contributed by atoms with Crippen LogP contribution in [0.2, 0.25) is 0 Å². The summed E-state index contributed by atoms with van der Waals surface area (Å²) in [4.78, 5) is 5.05. The zero-order valence-corrected chi connectivity index (χ0v) is 11.1. The largest absolute Gasteiger partial charge is 0.329 e. The third-order valence-corrected chi connectivity index (χ3v) is 3.69. The summed E-state index contributed by atoms with van der Waals surface area (Å²) < 4.78 is 0. The second-order valence-corrected chi connectivity index (χ2v) is 5.05. The summed E-state index contributed by atoms with van der Waals surface area (Å²) in [5.41, 5.74) is 5.64. The average Bonchev–Trinajstić information content (AvgIpc) is 2.28. The SMILES string of the molecule is CCCN(CCN)CCC1CCCCN1C. The van der Waals surface area contributed by atoms with Crippen molar-refractivity contribution >= 4 is 0 Å². The fraction of sp³-hybridized carbons (Fsp3) is 1.00. The molecule has 0 aromatic carbocycles. The second kappa shape index (κ2) is 8.04. The molecule has 0 radical (unpaired) electrons. The van der Waals surface area contributed by atoms with E-state index in [0.29, 0.717) is 0 Å². The van der Waals surface area contributed by atoms with E-state index in [0.717, 1.165) is 19.1 Å². The zero-order chi connectivity index (χ0) is 11.8. The number of hydrogen-bond acceptors (Lipinski definition) is 3. The van der Waals surface area contributed by atoms with Gasteiger partial charge in [0.2, 0.25) is 0 Å². The van der Waals surface area contributed by atoms with Crippen molar-refractivity contribution in [1.29, 1.82) is 0 Å². The van der Waals surface area contributed by atoms with Gasteiger partial charge in [0.05, 0.1) is 0 Å². The van der Waals surface area contributed by atoms with Crippen LogP contribution in [-0.2, 0) is 0 Å². The highest BCUT2D eigenvalue weighted by Gasteiger charge is 2.19. The Balaban J connectivity index is 2.23. The molecule has 1 heterocycles. The van der Waals surface area contributed by atoms with Crippen LogP contribution in [0.1, 0.15) is 39.0 Å². The number of nitrogens with two attached hydrogens (primary N) is 1. The number of piperidine rings is 1. The number of likely N-dealkylation sites (tertiary alicyclic amines) is 1. The molecule has 0 bridgehead atoms. The molecule has 0 amide bonds. The summed E-state index contributed by atoms with van der Waals surface area (Å²) in [6, 6.07) is 0.811. The highest BCUT2D eigenvalue weighted by Crippen LogP contribution is 2.17. The van der Waals surface area contributed by atoms with Crippen LogP contribution >= 0.6 is 0 Å². The third kappa shape index (κ3) is 4.81. The van der Waals surface area contributed by atoms with Crippen molar-refractivity contribution in [3.8, 4) is 0 Å². The van der Waals surface area contributed by atoms with E-state index in [1.807, 2.05) is 0 Å². The lowest BCUT2D eigenvalue weighted by atomic mass is 10.00. The van der Waals surface area contributed by atoms with Gasteiger partial charge in [-0.05, 0) is 52.4 Å². The first-order chi connectivity index (χ1) is 7.77. The number of rotatable bonds is 7. The van der Waals surface area contributed by atoms with Gasteiger partial charge in [-0.25, -0.2) is 0 Å². The van der Waals surface area contributed by atoms with Gasteiger partial charge in [-0.2, -0.15) is 0 Å². The van der Waals surface area contributed by atoms with E-state index >= 15 is 0 Å². The predicted octanol–water partition coefficient (Wildman–Crippen LogP) is 1.53. The number of hydrogen-bond donors (Lipinski definition) is 1. The summed E-state index contributed by atoms with van der Waals surface area (Å²) in [5.74, 6) is 0. The lowest BCUT2D eigenvalue weighted by molar-refractivity contribution is 0.154. The molecule has 2 N–H and O–H groups in total. The van der Waals surface area contributed by atoms with Crippen molar-refractivity contribution in [2.45, 2.75) is 45.1 Å². The summed E-state index contributed by atoms with van der Waals surface area (Å²) in [5, 5.41) is 0. The average molecular weight is 227 g/mol. The Hall–Kier alpha value is -0.120. The summed E-state index contributed by atoms with van der Waals surface area (Å²) in [6.45, 7) is 7.81. The maximum absolute atomic E-state index is 5.64. The first-order valence-corrected chi connectivity index (χ1v) is 6.90. The normalized spacial score (nSPS) is 22.9. The topological polar surface area (TPSA) is 32.5 Å². The van der Waals surface area contributed by atoms with Crippen molar-refractivity contribution in [1.82, 2.24) is 9.80 Å². The van der Waals surface area contributed by atoms with E-state index < -0.39 is 0 Å². The van der Waals surface area contributed by atoms with Crippen LogP contribution in [0.3, 0.4) is 0 Å². The first-order valence-electron chi connectivity index (χ1n) is 6.90. The van der Waals surface area contributed by atoms with E-state index in [2.05, 4.69) is 23.8 Å². The maximum Gasteiger partial charge on any atom is 0.0105 e. The lowest BCUT2D eigenvalue weighted by Gasteiger charge is -2.34. The molecule has 1 fully saturated rings. The Morgan fingerprint density at radius 3 is 2.69 bits per heavy atom. The molecule has 3 heteroatoms. The van der Waals surface area contributed by atoms with Gasteiger partial charge in [0, 0.05) is 19.1 Å². The molecule has 3 nitrogen and oxygen atoms in total. The molecule has 0 aromatic rings. The van der Waals surface area contributed by atoms with Gasteiger partial charge in [0.1, 0.15) is 0 Å². The van der Waals surface area contributed by atoms with Crippen LogP contribution in [0.4, 0.5) is 0 Å². The molecular formula is C13H29N3. The molecule has 1 rings (SSSR count). The minimum absolute atomic E-state index is 0.792. The van der Waals surface area contributed by atoms with E-state index in [9.17, 15) is 0 Å². The van der Waals surface area contributed by atoms with Crippen molar-refractivity contribution in [2.75, 3.05) is 39.8 Å². The van der Waals surface area contributed by atoms with Gasteiger partial charge in [-0.3, -0.25) is 0 Å². The van der Waals surface area contributed by atoms with Gasteiger partial charge in [0.25, 0.3) is 0 Å². The Morgan fingerprint density at radius 1 is 1.25 bits per heavy atom. The molecular weight excluding hydrogens is 198 g/mol. The van der Waals surface area contributed by atoms with Crippen LogP contribution in [0.5, 0.6) is 0 Å². The molecule has 0 spiro atoms. The van der Waals surface area contributed by atoms with Crippen molar-refractivity contribution in [3.05, 3.63) is 0 Å². The van der Waals surface area contributed by atoms with Gasteiger partial charge >= 0.3 is 0 Å². The van der Waals surface area contributed by atoms with Crippen molar-refractivity contribution in [2.24, 2.45) is 5.73 Å². The van der Waals surface area contributed by atoms with Crippen molar-refractivity contribution in [3.63, 3.8) is 0 Å². The van der Waals surface area contributed by atoms with Crippen LogP contribution < -0.4 is 5.73 Å². The molecule has 1 aliphatic heterocycles. The Bertz CT molecular complexity index is 167. The second-order valence-electron chi connectivity index (χ2n) is 5.05. The molecule has 0 aliphatic carbocycles. The van der Waals surface area contributed by atoms with Crippen LogP contribution in [0.25, 0.3) is 0 Å². The lowest BCUT2D eigenvalue weighted by Crippen LogP contribution is -2.40. The van der Waals surface area contributed by atoms with Crippen LogP contribution in [-0.4, -0.2) is 55.6 Å². The van der Waals surface area contributed by atoms with Crippen LogP contribution in [0.15, 0.2) is 0 Å². The Labute approximate surface area is 101 Å². The third-order valence-electron chi connectivity index (χ3n) is 3.69. The van der Waals surface area contributed by atoms with E-state index in [1.54, 1.807) is 0 Å². The summed E-state index contributed by atoms with van der Waals surface area (Å²) >= 11 is 0. The number of nitrogens with zero attached hydrogens (tertiary/aromatic N) is 2. The fourth-order valence-corrected chi connectivity index (χ4v) is 2.67. The van der Waals surface area contributed by atoms with E-state index in [-0.39, 0.29) is 0 Å². The van der Waals surface area contributed by atoms with Crippen LogP contribution in [0, 0.1) is 0 Å². The summed E-state index contributed by atoms with van der Waals surface area (Å²) in [6.07, 6.45) is 6.74. The van der Waals surface area contributed by atoms with Gasteiger partial charge in [-0.15, -0.1) is 0 Å². The molecule has 0 saturated carbocycles. The molecule has 1 saturated heterocycles. The van der Waals surface area contributed by atoms with Gasteiger partial charge in [-0.1, -0.05) is 13.3 Å². The summed E-state index contributed by atoms with van der Waals surface area (Å²) in [7, 11) is 2.27. The molecule has 96 valence electrons. The maximum atomic E-state index is 5.64. The van der Waals surface area contributed by atoms with E-state index in [1.165, 1.54) is 51.7 Å². The minimum Gasteiger partial charge on any atom is -0.329 e. The molecule has 0 aromatic heterocycles. The Kier molecular flexibility index (Phi) is 7.01. The predicted molar refractivity (Wildman–Crippen MR) is 70.7 cm³/mol. The highest BCUT2D eigenvalue weighted by molar-refractivity contribution is 4.75. The monoisotopic (exact) mass is 227 g/mol. The first kappa shape index (κ1) is 13.9. The molecule has 16 heavy (non-hydrogen) atoms. The standard InChI is InChI=1S/C13H29N3/c1-3-9-16(12-8-14)11-7-13-6-4-5-10-15(13)2/h13H,3-12,14H2,1-2H3.